The van der Waals surface area contributed by atoms with Crippen molar-refractivity contribution >= 4 is 23.2 Å². The van der Waals surface area contributed by atoms with E-state index in [2.05, 4.69) is 15.3 Å². The number of halogens is 2. The van der Waals surface area contributed by atoms with Gasteiger partial charge in [-0.3, -0.25) is 9.97 Å². The van der Waals surface area contributed by atoms with Crippen molar-refractivity contribution < 1.29 is 0 Å². The topological polar surface area (TPSA) is 37.8 Å². The lowest BCUT2D eigenvalue weighted by Gasteiger charge is -2.17. The van der Waals surface area contributed by atoms with Crippen LogP contribution in [0, 0.1) is 6.92 Å². The molecule has 1 heterocycles. The second kappa shape index (κ2) is 5.65. The fourth-order valence-electron chi connectivity index (χ4n) is 1.75. The zero-order chi connectivity index (χ0) is 13.1. The minimum atomic E-state index is -0.121. The molecule has 1 atom stereocenters. The smallest absolute Gasteiger partial charge is 0.0802 e. The van der Waals surface area contributed by atoms with Crippen LogP contribution >= 0.6 is 23.2 Å². The lowest BCUT2D eigenvalue weighted by molar-refractivity contribution is 0.666. The third-order valence-electron chi connectivity index (χ3n) is 2.65. The second-order valence-corrected chi connectivity index (χ2v) is 4.81. The zero-order valence-corrected chi connectivity index (χ0v) is 11.6. The Hall–Kier alpha value is -1.16. The van der Waals surface area contributed by atoms with Crippen molar-refractivity contribution in [2.45, 2.75) is 13.0 Å². The number of nitrogens with zero attached hydrogens (tertiary/aromatic N) is 2. The van der Waals surface area contributed by atoms with Crippen LogP contribution in [0.4, 0.5) is 0 Å². The summed E-state index contributed by atoms with van der Waals surface area (Å²) in [6, 6.07) is 5.27. The normalized spacial score (nSPS) is 12.4. The highest BCUT2D eigenvalue weighted by atomic mass is 35.5. The van der Waals surface area contributed by atoms with E-state index in [9.17, 15) is 0 Å². The predicted octanol–water partition coefficient (Wildman–Crippen LogP) is 3.40. The number of hydrogen-bond donors (Lipinski definition) is 1. The highest BCUT2D eigenvalue weighted by Gasteiger charge is 2.17. The van der Waals surface area contributed by atoms with Crippen molar-refractivity contribution in [1.29, 1.82) is 0 Å². The van der Waals surface area contributed by atoms with E-state index in [-0.39, 0.29) is 6.04 Å². The van der Waals surface area contributed by atoms with Gasteiger partial charge in [0.05, 0.1) is 23.6 Å². The molecule has 1 aromatic carbocycles. The van der Waals surface area contributed by atoms with Crippen molar-refractivity contribution in [1.82, 2.24) is 15.3 Å². The van der Waals surface area contributed by atoms with E-state index in [1.54, 1.807) is 24.5 Å². The van der Waals surface area contributed by atoms with Crippen molar-refractivity contribution in [2.75, 3.05) is 7.05 Å². The predicted molar refractivity (Wildman–Crippen MR) is 74.1 cm³/mol. The molecule has 1 N–H and O–H groups in total. The van der Waals surface area contributed by atoms with Crippen LogP contribution in [0.1, 0.15) is 23.0 Å². The first-order valence-electron chi connectivity index (χ1n) is 5.52. The Morgan fingerprint density at radius 3 is 2.56 bits per heavy atom. The van der Waals surface area contributed by atoms with Crippen molar-refractivity contribution in [3.63, 3.8) is 0 Å². The van der Waals surface area contributed by atoms with Gasteiger partial charge in [-0.15, -0.1) is 0 Å². The molecule has 1 unspecified atom stereocenters. The summed E-state index contributed by atoms with van der Waals surface area (Å²) in [6.45, 7) is 1.90. The van der Waals surface area contributed by atoms with Gasteiger partial charge in [0.25, 0.3) is 0 Å². The van der Waals surface area contributed by atoms with E-state index in [0.717, 1.165) is 17.0 Å². The van der Waals surface area contributed by atoms with Gasteiger partial charge in [0, 0.05) is 16.2 Å². The Balaban J connectivity index is 2.44. The monoisotopic (exact) mass is 281 g/mol. The Kier molecular flexibility index (Phi) is 4.17. The molecule has 0 spiro atoms. The van der Waals surface area contributed by atoms with Crippen LogP contribution in [0.3, 0.4) is 0 Å². The van der Waals surface area contributed by atoms with Crippen LogP contribution in [0.15, 0.2) is 30.6 Å². The standard InChI is InChI=1S/C13H13Cl2N3/c1-8-6-18-12(7-17-8)13(16-2)10-5-9(14)3-4-11(10)15/h3-7,13,16H,1-2H3. The number of rotatable bonds is 3. The van der Waals surface area contributed by atoms with Crippen molar-refractivity contribution in [3.8, 4) is 0 Å². The lowest BCUT2D eigenvalue weighted by atomic mass is 10.0. The van der Waals surface area contributed by atoms with Gasteiger partial charge in [-0.25, -0.2) is 0 Å². The van der Waals surface area contributed by atoms with Gasteiger partial charge < -0.3 is 5.32 Å². The van der Waals surface area contributed by atoms with Crippen molar-refractivity contribution in [2.24, 2.45) is 0 Å². The average molecular weight is 282 g/mol. The fourth-order valence-corrected chi connectivity index (χ4v) is 2.16. The Morgan fingerprint density at radius 1 is 1.17 bits per heavy atom. The summed E-state index contributed by atoms with van der Waals surface area (Å²) >= 11 is 12.2. The molecule has 0 aliphatic heterocycles. The molecular formula is C13H13Cl2N3. The second-order valence-electron chi connectivity index (χ2n) is 3.97. The number of aryl methyl sites for hydroxylation is 1. The van der Waals surface area contributed by atoms with Crippen LogP contribution in [0.5, 0.6) is 0 Å². The summed E-state index contributed by atoms with van der Waals surface area (Å²) in [7, 11) is 1.85. The third kappa shape index (κ3) is 2.80. The maximum absolute atomic E-state index is 6.20. The van der Waals surface area contributed by atoms with Crippen LogP contribution < -0.4 is 5.32 Å². The first-order valence-corrected chi connectivity index (χ1v) is 6.28. The average Bonchev–Trinajstić information content (AvgIpc) is 2.37. The van der Waals surface area contributed by atoms with Gasteiger partial charge in [-0.2, -0.15) is 0 Å². The minimum Gasteiger partial charge on any atom is -0.308 e. The largest absolute Gasteiger partial charge is 0.308 e. The molecule has 0 fully saturated rings. The molecule has 2 aromatic rings. The van der Waals surface area contributed by atoms with Gasteiger partial charge in [0.2, 0.25) is 0 Å². The van der Waals surface area contributed by atoms with Gasteiger partial charge in [-0.1, -0.05) is 23.2 Å². The first-order chi connectivity index (χ1) is 8.61. The summed E-state index contributed by atoms with van der Waals surface area (Å²) in [5.74, 6) is 0. The van der Waals surface area contributed by atoms with Crippen LogP contribution in [-0.2, 0) is 0 Å². The maximum Gasteiger partial charge on any atom is 0.0802 e. The molecule has 0 saturated carbocycles. The van der Waals surface area contributed by atoms with Gasteiger partial charge in [-0.05, 0) is 37.7 Å². The Bertz CT molecular complexity index is 540. The summed E-state index contributed by atoms with van der Waals surface area (Å²) in [5, 5.41) is 4.48. The van der Waals surface area contributed by atoms with Gasteiger partial charge in [0.15, 0.2) is 0 Å². The zero-order valence-electron chi connectivity index (χ0n) is 10.1. The van der Waals surface area contributed by atoms with E-state index in [1.807, 2.05) is 20.0 Å². The van der Waals surface area contributed by atoms with Crippen LogP contribution in [0.25, 0.3) is 0 Å². The molecule has 3 nitrogen and oxygen atoms in total. The highest BCUT2D eigenvalue weighted by molar-refractivity contribution is 6.33. The lowest BCUT2D eigenvalue weighted by Crippen LogP contribution is -2.19. The number of hydrogen-bond acceptors (Lipinski definition) is 3. The molecule has 0 radical (unpaired) electrons. The first kappa shape index (κ1) is 13.3. The van der Waals surface area contributed by atoms with E-state index in [1.165, 1.54) is 0 Å². The minimum absolute atomic E-state index is 0.121. The fraction of sp³-hybridized carbons (Fsp3) is 0.231. The summed E-state index contributed by atoms with van der Waals surface area (Å²) < 4.78 is 0. The van der Waals surface area contributed by atoms with Crippen LogP contribution in [-0.4, -0.2) is 17.0 Å². The molecule has 18 heavy (non-hydrogen) atoms. The molecule has 1 aromatic heterocycles. The van der Waals surface area contributed by atoms with E-state index in [4.69, 9.17) is 23.2 Å². The summed E-state index contributed by atoms with van der Waals surface area (Å²) in [4.78, 5) is 8.62. The highest BCUT2D eigenvalue weighted by Crippen LogP contribution is 2.29. The van der Waals surface area contributed by atoms with E-state index >= 15 is 0 Å². The number of nitrogens with one attached hydrogen (secondary N) is 1. The molecule has 0 aliphatic carbocycles. The summed E-state index contributed by atoms with van der Waals surface area (Å²) in [5.41, 5.74) is 2.59. The SMILES string of the molecule is CNC(c1cnc(C)cn1)c1cc(Cl)ccc1Cl. The van der Waals surface area contributed by atoms with Crippen molar-refractivity contribution in [3.05, 3.63) is 57.6 Å². The number of benzene rings is 1. The molecule has 0 amide bonds. The quantitative estimate of drug-likeness (QED) is 0.937. The molecule has 0 saturated heterocycles. The van der Waals surface area contributed by atoms with Gasteiger partial charge >= 0.3 is 0 Å². The molecule has 94 valence electrons. The Morgan fingerprint density at radius 2 is 1.94 bits per heavy atom. The molecule has 0 aliphatic rings. The van der Waals surface area contributed by atoms with E-state index < -0.39 is 0 Å². The van der Waals surface area contributed by atoms with Gasteiger partial charge in [0.1, 0.15) is 0 Å². The molecule has 2 rings (SSSR count). The molecule has 5 heteroatoms. The van der Waals surface area contributed by atoms with E-state index in [0.29, 0.717) is 10.0 Å². The maximum atomic E-state index is 6.20. The summed E-state index contributed by atoms with van der Waals surface area (Å²) in [6.07, 6.45) is 3.48. The molecular weight excluding hydrogens is 269 g/mol. The number of aromatic nitrogens is 2. The Labute approximate surface area is 116 Å². The van der Waals surface area contributed by atoms with Crippen LogP contribution in [0.2, 0.25) is 10.0 Å². The third-order valence-corrected chi connectivity index (χ3v) is 3.23. The molecule has 0 bridgehead atoms.